The Morgan fingerprint density at radius 2 is 2.22 bits per heavy atom. The molecule has 9 heteroatoms. The highest BCUT2D eigenvalue weighted by molar-refractivity contribution is 6.30. The molecular formula is C18H18ClN5O3. The van der Waals surface area contributed by atoms with Crippen molar-refractivity contribution in [1.82, 2.24) is 19.7 Å². The molecule has 0 atom stereocenters. The summed E-state index contributed by atoms with van der Waals surface area (Å²) in [6.45, 7) is 3.36. The molecule has 8 nitrogen and oxygen atoms in total. The average molecular weight is 388 g/mol. The van der Waals surface area contributed by atoms with Gasteiger partial charge < -0.3 is 15.2 Å². The van der Waals surface area contributed by atoms with Crippen molar-refractivity contribution in [1.29, 1.82) is 0 Å². The summed E-state index contributed by atoms with van der Waals surface area (Å²) >= 11 is 5.83. The lowest BCUT2D eigenvalue weighted by atomic mass is 10.1. The van der Waals surface area contributed by atoms with E-state index in [0.29, 0.717) is 47.7 Å². The van der Waals surface area contributed by atoms with Crippen LogP contribution in [0.3, 0.4) is 0 Å². The van der Waals surface area contributed by atoms with E-state index >= 15 is 0 Å². The molecule has 3 rings (SSSR count). The first kappa shape index (κ1) is 18.7. The van der Waals surface area contributed by atoms with Crippen LogP contribution in [-0.4, -0.2) is 44.0 Å². The molecular weight excluding hydrogens is 370 g/mol. The van der Waals surface area contributed by atoms with Crippen molar-refractivity contribution in [2.45, 2.75) is 13.5 Å². The third kappa shape index (κ3) is 4.73. The zero-order chi connectivity index (χ0) is 19.2. The Kier molecular flexibility index (Phi) is 5.87. The van der Waals surface area contributed by atoms with Gasteiger partial charge in [0.2, 0.25) is 5.95 Å². The van der Waals surface area contributed by atoms with Crippen LogP contribution < -0.4 is 10.1 Å². The van der Waals surface area contributed by atoms with Gasteiger partial charge in [0.05, 0.1) is 30.1 Å². The maximum Gasteiger partial charge on any atom is 0.339 e. The molecule has 2 N–H and O–H groups in total. The summed E-state index contributed by atoms with van der Waals surface area (Å²) in [5, 5.41) is 17.2. The third-order valence-corrected chi connectivity index (χ3v) is 3.88. The summed E-state index contributed by atoms with van der Waals surface area (Å²) in [4.78, 5) is 20.1. The van der Waals surface area contributed by atoms with Crippen LogP contribution in [0.4, 0.5) is 5.95 Å². The Hall–Kier alpha value is -3.13. The number of carbonyl (C=O) groups is 1. The maximum absolute atomic E-state index is 11.5. The number of nitrogens with one attached hydrogen (secondary N) is 1. The number of anilines is 1. The van der Waals surface area contributed by atoms with E-state index < -0.39 is 5.97 Å². The van der Waals surface area contributed by atoms with Gasteiger partial charge in [-0.25, -0.2) is 14.8 Å². The summed E-state index contributed by atoms with van der Waals surface area (Å²) in [5.41, 5.74) is 1.37. The molecule has 0 saturated carbocycles. The number of aromatic carboxylic acids is 1. The zero-order valence-electron chi connectivity index (χ0n) is 14.6. The fourth-order valence-electron chi connectivity index (χ4n) is 2.49. The number of hydrogen-bond donors (Lipinski definition) is 2. The predicted octanol–water partition coefficient (Wildman–Crippen LogP) is 3.20. The second-order valence-corrected chi connectivity index (χ2v) is 6.00. The van der Waals surface area contributed by atoms with Crippen LogP contribution in [0.5, 0.6) is 5.75 Å². The molecule has 140 valence electrons. The first-order valence-corrected chi connectivity index (χ1v) is 8.70. The SMILES string of the molecule is CCOc1ccc(-c2ccnc(NCCn3cc(Cl)cn3)n2)cc1C(=O)O. The monoisotopic (exact) mass is 387 g/mol. The molecule has 0 spiro atoms. The highest BCUT2D eigenvalue weighted by Gasteiger charge is 2.13. The first-order valence-electron chi connectivity index (χ1n) is 8.32. The van der Waals surface area contributed by atoms with E-state index in [1.165, 1.54) is 0 Å². The lowest BCUT2D eigenvalue weighted by Crippen LogP contribution is -2.12. The van der Waals surface area contributed by atoms with E-state index in [1.807, 2.05) is 0 Å². The van der Waals surface area contributed by atoms with Gasteiger partial charge in [0.25, 0.3) is 0 Å². The number of ether oxygens (including phenoxy) is 1. The number of carboxylic acid groups (broad SMARTS) is 1. The lowest BCUT2D eigenvalue weighted by Gasteiger charge is -2.10. The van der Waals surface area contributed by atoms with Crippen LogP contribution in [-0.2, 0) is 6.54 Å². The Bertz CT molecular complexity index is 944. The van der Waals surface area contributed by atoms with Crippen LogP contribution in [0.25, 0.3) is 11.3 Å². The average Bonchev–Trinajstić information content (AvgIpc) is 3.07. The van der Waals surface area contributed by atoms with Gasteiger partial charge in [-0.2, -0.15) is 5.10 Å². The molecule has 0 amide bonds. The Balaban J connectivity index is 1.74. The summed E-state index contributed by atoms with van der Waals surface area (Å²) in [5.74, 6) is -0.277. The Morgan fingerprint density at radius 1 is 1.37 bits per heavy atom. The minimum Gasteiger partial charge on any atom is -0.493 e. The fraction of sp³-hybridized carbons (Fsp3) is 0.222. The van der Waals surface area contributed by atoms with Crippen molar-refractivity contribution in [2.75, 3.05) is 18.5 Å². The van der Waals surface area contributed by atoms with Crippen LogP contribution in [0, 0.1) is 0 Å². The highest BCUT2D eigenvalue weighted by atomic mass is 35.5. The van der Waals surface area contributed by atoms with E-state index in [2.05, 4.69) is 20.4 Å². The number of rotatable bonds is 8. The number of benzene rings is 1. The van der Waals surface area contributed by atoms with Crippen LogP contribution in [0.2, 0.25) is 5.02 Å². The van der Waals surface area contributed by atoms with Crippen LogP contribution in [0.15, 0.2) is 42.9 Å². The number of nitrogens with zero attached hydrogens (tertiary/aromatic N) is 4. The lowest BCUT2D eigenvalue weighted by molar-refractivity contribution is 0.0692. The fourth-order valence-corrected chi connectivity index (χ4v) is 2.64. The van der Waals surface area contributed by atoms with Crippen LogP contribution in [0.1, 0.15) is 17.3 Å². The van der Waals surface area contributed by atoms with E-state index in [-0.39, 0.29) is 5.56 Å². The molecule has 0 unspecified atom stereocenters. The number of aromatic nitrogens is 4. The van der Waals surface area contributed by atoms with Crippen molar-refractivity contribution < 1.29 is 14.6 Å². The molecule has 3 aromatic rings. The summed E-state index contributed by atoms with van der Waals surface area (Å²) in [6.07, 6.45) is 4.92. The molecule has 27 heavy (non-hydrogen) atoms. The standard InChI is InChI=1S/C18H18ClN5O3/c1-2-27-16-4-3-12(9-14(16)17(25)26)15-5-6-20-18(23-15)21-7-8-24-11-13(19)10-22-24/h3-6,9-11H,2,7-8H2,1H3,(H,25,26)(H,20,21,23). The molecule has 2 heterocycles. The summed E-state index contributed by atoms with van der Waals surface area (Å²) in [6, 6.07) is 6.68. The second-order valence-electron chi connectivity index (χ2n) is 5.56. The van der Waals surface area contributed by atoms with Crippen molar-refractivity contribution in [3.63, 3.8) is 0 Å². The zero-order valence-corrected chi connectivity index (χ0v) is 15.3. The molecule has 0 saturated heterocycles. The van der Waals surface area contributed by atoms with Gasteiger partial charge in [-0.1, -0.05) is 11.6 Å². The number of carboxylic acids is 1. The quantitative estimate of drug-likeness (QED) is 0.611. The second kappa shape index (κ2) is 8.50. The largest absolute Gasteiger partial charge is 0.493 e. The minimum absolute atomic E-state index is 0.0954. The van der Waals surface area contributed by atoms with Gasteiger partial charge in [-0.05, 0) is 31.2 Å². The van der Waals surface area contributed by atoms with Gasteiger partial charge in [0.15, 0.2) is 0 Å². The minimum atomic E-state index is -1.05. The van der Waals surface area contributed by atoms with Gasteiger partial charge in [-0.3, -0.25) is 4.68 Å². The van der Waals surface area contributed by atoms with E-state index in [1.54, 1.807) is 54.5 Å². The smallest absolute Gasteiger partial charge is 0.339 e. The van der Waals surface area contributed by atoms with Gasteiger partial charge in [0, 0.05) is 24.5 Å². The van der Waals surface area contributed by atoms with E-state index in [4.69, 9.17) is 16.3 Å². The Labute approximate surface area is 160 Å². The van der Waals surface area contributed by atoms with Crippen molar-refractivity contribution in [3.8, 4) is 17.0 Å². The van der Waals surface area contributed by atoms with Crippen LogP contribution >= 0.6 is 11.6 Å². The van der Waals surface area contributed by atoms with Gasteiger partial charge >= 0.3 is 5.97 Å². The third-order valence-electron chi connectivity index (χ3n) is 3.69. The van der Waals surface area contributed by atoms with Gasteiger partial charge in [-0.15, -0.1) is 0 Å². The van der Waals surface area contributed by atoms with E-state index in [9.17, 15) is 9.90 Å². The van der Waals surface area contributed by atoms with Crippen molar-refractivity contribution in [2.24, 2.45) is 0 Å². The molecule has 1 aromatic carbocycles. The molecule has 0 radical (unpaired) electrons. The molecule has 0 aliphatic carbocycles. The molecule has 0 aliphatic heterocycles. The van der Waals surface area contributed by atoms with Crippen molar-refractivity contribution in [3.05, 3.63) is 53.4 Å². The maximum atomic E-state index is 11.5. The number of halogens is 1. The summed E-state index contributed by atoms with van der Waals surface area (Å²) < 4.78 is 7.08. The number of hydrogen-bond acceptors (Lipinski definition) is 6. The molecule has 2 aromatic heterocycles. The predicted molar refractivity (Wildman–Crippen MR) is 101 cm³/mol. The summed E-state index contributed by atoms with van der Waals surface area (Å²) in [7, 11) is 0. The van der Waals surface area contributed by atoms with Crippen molar-refractivity contribution >= 4 is 23.5 Å². The van der Waals surface area contributed by atoms with E-state index in [0.717, 1.165) is 0 Å². The highest BCUT2D eigenvalue weighted by Crippen LogP contribution is 2.26. The first-order chi connectivity index (χ1) is 13.1. The topological polar surface area (TPSA) is 102 Å². The molecule has 0 aliphatic rings. The van der Waals surface area contributed by atoms with Gasteiger partial charge in [0.1, 0.15) is 11.3 Å². The Morgan fingerprint density at radius 3 is 2.93 bits per heavy atom. The normalized spacial score (nSPS) is 10.6. The molecule has 0 bridgehead atoms. The molecule has 0 fully saturated rings.